The number of terminal acetylenes is 1. The molecule has 0 bridgehead atoms. The van der Waals surface area contributed by atoms with Crippen LogP contribution in [0, 0.1) is 42.4 Å². The lowest BCUT2D eigenvalue weighted by atomic mass is 10.1. The fraction of sp³-hybridized carbons (Fsp3) is 0.0638. The predicted molar refractivity (Wildman–Crippen MR) is 219 cm³/mol. The Labute approximate surface area is 303 Å². The molecule has 0 aliphatic rings. The van der Waals surface area contributed by atoms with Crippen LogP contribution in [0.15, 0.2) is 134 Å². The molecule has 0 radical (unpaired) electrons. The molecule has 5 aromatic carbocycles. The summed E-state index contributed by atoms with van der Waals surface area (Å²) in [5, 5.41) is 24.8. The van der Waals surface area contributed by atoms with Gasteiger partial charge in [0.15, 0.2) is 0 Å². The van der Waals surface area contributed by atoms with E-state index in [0.29, 0.717) is 11.1 Å². The van der Waals surface area contributed by atoms with Crippen LogP contribution in [0.5, 0.6) is 0 Å². The molecular weight excluding hydrogens is 635 g/mol. The van der Waals surface area contributed by atoms with Crippen LogP contribution in [0.2, 0.25) is 0 Å². The Morgan fingerprint density at radius 1 is 0.654 bits per heavy atom. The van der Waals surface area contributed by atoms with Crippen LogP contribution >= 0.6 is 0 Å². The quantitative estimate of drug-likeness (QED) is 0.131. The smallest absolute Gasteiger partial charge is 0.0991 e. The molecule has 8 aromatic rings. The van der Waals surface area contributed by atoms with Crippen molar-refractivity contribution in [1.29, 1.82) is 10.5 Å². The molecule has 0 unspecified atom stereocenters. The maximum absolute atomic E-state index is 9.68. The second-order valence-corrected chi connectivity index (χ2v) is 12.4. The Kier molecular flexibility index (Phi) is 8.67. The highest BCUT2D eigenvalue weighted by Gasteiger charge is 2.19. The van der Waals surface area contributed by atoms with Crippen molar-refractivity contribution in [1.82, 2.24) is 13.7 Å². The number of fused-ring (bicyclic) bond motifs is 7. The van der Waals surface area contributed by atoms with Crippen molar-refractivity contribution in [3.05, 3.63) is 156 Å². The lowest BCUT2D eigenvalue weighted by Gasteiger charge is -2.11. The van der Waals surface area contributed by atoms with E-state index in [0.717, 1.165) is 82.8 Å². The Morgan fingerprint density at radius 3 is 1.79 bits per heavy atom. The molecule has 52 heavy (non-hydrogen) atoms. The number of nitrogens with zero attached hydrogens (tertiary/aromatic N) is 5. The highest BCUT2D eigenvalue weighted by atomic mass is 15.0. The van der Waals surface area contributed by atoms with Gasteiger partial charge >= 0.3 is 0 Å². The summed E-state index contributed by atoms with van der Waals surface area (Å²) in [4.78, 5) is 0. The number of para-hydroxylation sites is 1. The molecule has 8 rings (SSSR count). The second kappa shape index (κ2) is 13.6. The normalized spacial score (nSPS) is 11.9. The van der Waals surface area contributed by atoms with Crippen molar-refractivity contribution in [3.8, 4) is 36.4 Å². The topological polar surface area (TPSA) is 62.4 Å². The highest BCUT2D eigenvalue weighted by Crippen LogP contribution is 2.39. The van der Waals surface area contributed by atoms with E-state index in [2.05, 4.69) is 156 Å². The minimum atomic E-state index is 0.645. The molecule has 248 valence electrons. The molecular formula is C47H35N5. The summed E-state index contributed by atoms with van der Waals surface area (Å²) >= 11 is 0. The van der Waals surface area contributed by atoms with Gasteiger partial charge < -0.3 is 13.7 Å². The van der Waals surface area contributed by atoms with E-state index in [1.54, 1.807) is 6.08 Å². The molecule has 0 N–H and O–H groups in total. The van der Waals surface area contributed by atoms with Crippen molar-refractivity contribution in [2.24, 2.45) is 0 Å². The van der Waals surface area contributed by atoms with Crippen LogP contribution in [-0.4, -0.2) is 13.7 Å². The Balaban J connectivity index is 0.00000207. The lowest BCUT2D eigenvalue weighted by molar-refractivity contribution is 1.05. The maximum atomic E-state index is 9.68. The molecule has 5 heteroatoms. The van der Waals surface area contributed by atoms with Gasteiger partial charge in [0.2, 0.25) is 0 Å². The van der Waals surface area contributed by atoms with E-state index >= 15 is 0 Å². The van der Waals surface area contributed by atoms with Gasteiger partial charge in [-0.25, -0.2) is 0 Å². The second-order valence-electron chi connectivity index (χ2n) is 12.4. The number of rotatable bonds is 6. The van der Waals surface area contributed by atoms with Crippen molar-refractivity contribution in [2.75, 3.05) is 0 Å². The van der Waals surface area contributed by atoms with E-state index < -0.39 is 0 Å². The third kappa shape index (κ3) is 5.11. The van der Waals surface area contributed by atoms with Crippen LogP contribution in [0.4, 0.5) is 0 Å². The summed E-state index contributed by atoms with van der Waals surface area (Å²) in [6.07, 6.45) is 20.2. The highest BCUT2D eigenvalue weighted by molar-refractivity contribution is 6.13. The summed E-state index contributed by atoms with van der Waals surface area (Å²) in [5.74, 6) is 0. The van der Waals surface area contributed by atoms with E-state index in [9.17, 15) is 10.5 Å². The van der Waals surface area contributed by atoms with Crippen LogP contribution in [-0.2, 0) is 0 Å². The van der Waals surface area contributed by atoms with Crippen molar-refractivity contribution >= 4 is 66.3 Å². The zero-order valence-corrected chi connectivity index (χ0v) is 29.3. The first kappa shape index (κ1) is 33.2. The van der Waals surface area contributed by atoms with Crippen LogP contribution in [0.1, 0.15) is 36.2 Å². The van der Waals surface area contributed by atoms with E-state index in [-0.39, 0.29) is 0 Å². The van der Waals surface area contributed by atoms with Gasteiger partial charge in [-0.3, -0.25) is 0 Å². The van der Waals surface area contributed by atoms with Gasteiger partial charge in [0.1, 0.15) is 0 Å². The third-order valence-electron chi connectivity index (χ3n) is 9.72. The summed E-state index contributed by atoms with van der Waals surface area (Å²) in [6.45, 7) is 10.1. The number of nitriles is 2. The molecule has 0 saturated heterocycles. The zero-order valence-electron chi connectivity index (χ0n) is 29.3. The molecule has 0 spiro atoms. The average molecular weight is 670 g/mol. The number of allylic oxidation sites excluding steroid dienone is 6. The van der Waals surface area contributed by atoms with Gasteiger partial charge in [-0.15, -0.1) is 12.8 Å². The third-order valence-corrected chi connectivity index (χ3v) is 9.72. The molecule has 3 heterocycles. The minimum Gasteiger partial charge on any atom is -0.313 e. The lowest BCUT2D eigenvalue weighted by Crippen LogP contribution is -1.98. The number of hydrogen-bond acceptors (Lipinski definition) is 2. The molecule has 0 atom stereocenters. The van der Waals surface area contributed by atoms with Crippen molar-refractivity contribution in [2.45, 2.75) is 20.8 Å². The average Bonchev–Trinajstić information content (AvgIpc) is 3.79. The fourth-order valence-electron chi connectivity index (χ4n) is 7.56. The van der Waals surface area contributed by atoms with E-state index in [4.69, 9.17) is 0 Å². The molecule has 0 aliphatic heterocycles. The standard InChI is InChI=1S/C45H33N5.C2H2/c1-5-8-12-32(7-3)49-44-21-17-33(48-29(4)35(11-6-2)37-23-30(27-46)15-19-42(37)48)25-39(44)40-26-34(18-22-45(40)49)50-41-14-10-9-13-36(41)38-24-31(28-47)16-20-43(38)50;1-2/h5-26H,1H2,2-4H3;1-2H/b11-6-,12-8-,32-7+;. The molecule has 0 fully saturated rings. The summed E-state index contributed by atoms with van der Waals surface area (Å²) < 4.78 is 6.91. The van der Waals surface area contributed by atoms with E-state index in [1.165, 1.54) is 0 Å². The van der Waals surface area contributed by atoms with Gasteiger partial charge in [-0.2, -0.15) is 10.5 Å². The van der Waals surface area contributed by atoms with Crippen molar-refractivity contribution in [3.63, 3.8) is 0 Å². The summed E-state index contributed by atoms with van der Waals surface area (Å²) in [6, 6.07) is 38.2. The summed E-state index contributed by atoms with van der Waals surface area (Å²) in [7, 11) is 0. The first-order valence-corrected chi connectivity index (χ1v) is 17.0. The molecule has 0 amide bonds. The first-order chi connectivity index (χ1) is 25.5. The van der Waals surface area contributed by atoms with Crippen LogP contribution in [0.3, 0.4) is 0 Å². The van der Waals surface area contributed by atoms with Crippen LogP contribution in [0.25, 0.3) is 77.7 Å². The van der Waals surface area contributed by atoms with Crippen LogP contribution < -0.4 is 0 Å². The van der Waals surface area contributed by atoms with Gasteiger partial charge in [-0.05, 0) is 106 Å². The maximum Gasteiger partial charge on any atom is 0.0991 e. The SMILES string of the molecule is C#C.C=C/C=C\C(=C/C)n1c2ccc(-n3c(C)c(/C=C\C)c4cc(C#N)ccc43)cc2c2cc(-n3c4ccccc4c4cc(C#N)ccc43)ccc21. The molecule has 3 aromatic heterocycles. The Morgan fingerprint density at radius 2 is 1.19 bits per heavy atom. The van der Waals surface area contributed by atoms with Gasteiger partial charge in [0, 0.05) is 55.3 Å². The van der Waals surface area contributed by atoms with E-state index in [1.807, 2.05) is 37.3 Å². The molecule has 0 saturated carbocycles. The Hall–Kier alpha value is -7.26. The zero-order chi connectivity index (χ0) is 36.5. The monoisotopic (exact) mass is 669 g/mol. The molecule has 5 nitrogen and oxygen atoms in total. The summed E-state index contributed by atoms with van der Waals surface area (Å²) in [5.41, 5.74) is 12.1. The van der Waals surface area contributed by atoms with Crippen molar-refractivity contribution < 1.29 is 0 Å². The number of aromatic nitrogens is 3. The first-order valence-electron chi connectivity index (χ1n) is 17.0. The minimum absolute atomic E-state index is 0.645. The largest absolute Gasteiger partial charge is 0.313 e. The number of hydrogen-bond donors (Lipinski definition) is 0. The van der Waals surface area contributed by atoms with Gasteiger partial charge in [-0.1, -0.05) is 55.2 Å². The predicted octanol–water partition coefficient (Wildman–Crippen LogP) is 11.8. The number of benzene rings is 5. The molecule has 0 aliphatic carbocycles. The fourth-order valence-corrected chi connectivity index (χ4v) is 7.56. The van der Waals surface area contributed by atoms with Gasteiger partial charge in [0.05, 0.1) is 50.8 Å². The van der Waals surface area contributed by atoms with Gasteiger partial charge in [0.25, 0.3) is 0 Å². The Bertz CT molecular complexity index is 2930.